The molecule has 4 rings (SSSR count). The molecule has 34 heavy (non-hydrogen) atoms. The highest BCUT2D eigenvalue weighted by molar-refractivity contribution is 6.35. The van der Waals surface area contributed by atoms with Gasteiger partial charge in [0.2, 0.25) is 0 Å². The number of hydrogen-bond donors (Lipinski definition) is 2. The third-order valence-electron chi connectivity index (χ3n) is 7.64. The number of aliphatic hydroxyl groups is 1. The van der Waals surface area contributed by atoms with Crippen LogP contribution in [0.5, 0.6) is 0 Å². The molecule has 1 aliphatic carbocycles. The van der Waals surface area contributed by atoms with Gasteiger partial charge in [0.1, 0.15) is 0 Å². The molecule has 1 heterocycles. The predicted molar refractivity (Wildman–Crippen MR) is 146 cm³/mol. The summed E-state index contributed by atoms with van der Waals surface area (Å²) < 4.78 is 0. The van der Waals surface area contributed by atoms with E-state index >= 15 is 0 Å². The zero-order chi connectivity index (χ0) is 24.5. The molecular weight excluding hydrogens is 489 g/mol. The van der Waals surface area contributed by atoms with Gasteiger partial charge in [0.25, 0.3) is 0 Å². The number of anilines is 2. The van der Waals surface area contributed by atoms with Gasteiger partial charge in [-0.25, -0.2) is 0 Å². The Kier molecular flexibility index (Phi) is 8.26. The fourth-order valence-corrected chi connectivity index (χ4v) is 6.22. The van der Waals surface area contributed by atoms with E-state index in [1.54, 1.807) is 6.07 Å². The van der Waals surface area contributed by atoms with Crippen molar-refractivity contribution in [3.05, 3.63) is 57.0 Å². The normalized spacial score (nSPS) is 23.1. The Hall–Kier alpha value is -1.17. The summed E-state index contributed by atoms with van der Waals surface area (Å²) in [6, 6.07) is 12.4. The number of benzene rings is 2. The molecule has 0 unspecified atom stereocenters. The lowest BCUT2D eigenvalue weighted by Gasteiger charge is -2.44. The molecule has 2 aliphatic rings. The fourth-order valence-electron chi connectivity index (χ4n) is 5.48. The molecule has 2 N–H and O–H groups in total. The maximum atomic E-state index is 10.3. The second kappa shape index (κ2) is 10.8. The first-order valence-corrected chi connectivity index (χ1v) is 13.5. The standard InChI is InChI=1S/C27H36Cl3N3O/c1-18(23-10-6-20(28)16-25(23)30)31-26-17-22(9-11-24(26)29)33-14-12-32(13-15-33)21-7-4-19(5-8-21)27(2,3)34/h6,9-11,16-19,21,31,34H,4-5,7-8,12-15H2,1-3H3/t18-,19-,21-/m1/s1. The van der Waals surface area contributed by atoms with Gasteiger partial charge >= 0.3 is 0 Å². The van der Waals surface area contributed by atoms with E-state index < -0.39 is 5.60 Å². The molecule has 1 saturated heterocycles. The number of hydrogen-bond acceptors (Lipinski definition) is 4. The Morgan fingerprint density at radius 1 is 0.912 bits per heavy atom. The van der Waals surface area contributed by atoms with Gasteiger partial charge in [0.05, 0.1) is 22.4 Å². The van der Waals surface area contributed by atoms with Crippen LogP contribution >= 0.6 is 34.8 Å². The molecule has 0 bridgehead atoms. The van der Waals surface area contributed by atoms with Gasteiger partial charge < -0.3 is 15.3 Å². The van der Waals surface area contributed by atoms with E-state index in [-0.39, 0.29) is 6.04 Å². The minimum absolute atomic E-state index is 0.00612. The zero-order valence-corrected chi connectivity index (χ0v) is 22.6. The van der Waals surface area contributed by atoms with Crippen molar-refractivity contribution in [1.82, 2.24) is 4.90 Å². The van der Waals surface area contributed by atoms with Crippen LogP contribution in [-0.4, -0.2) is 47.8 Å². The van der Waals surface area contributed by atoms with Gasteiger partial charge in [-0.2, -0.15) is 0 Å². The molecule has 2 aromatic rings. The SMILES string of the molecule is C[C@@H](Nc1cc(N2CCN([C@H]3CC[C@H](C(C)(C)O)CC3)CC2)ccc1Cl)c1ccc(Cl)cc1Cl. The molecule has 0 radical (unpaired) electrons. The third-order valence-corrected chi connectivity index (χ3v) is 8.53. The van der Waals surface area contributed by atoms with E-state index in [2.05, 4.69) is 34.2 Å². The van der Waals surface area contributed by atoms with Crippen molar-refractivity contribution in [3.8, 4) is 0 Å². The van der Waals surface area contributed by atoms with Crippen LogP contribution in [0, 0.1) is 5.92 Å². The molecule has 186 valence electrons. The van der Waals surface area contributed by atoms with Gasteiger partial charge in [-0.15, -0.1) is 0 Å². The van der Waals surface area contributed by atoms with Crippen molar-refractivity contribution >= 4 is 46.2 Å². The molecule has 7 heteroatoms. The van der Waals surface area contributed by atoms with E-state index in [0.717, 1.165) is 50.3 Å². The first-order chi connectivity index (χ1) is 16.1. The van der Waals surface area contributed by atoms with Gasteiger partial charge in [0, 0.05) is 48.0 Å². The van der Waals surface area contributed by atoms with Gasteiger partial charge in [-0.3, -0.25) is 4.90 Å². The summed E-state index contributed by atoms with van der Waals surface area (Å²) in [5, 5.41) is 15.8. The Morgan fingerprint density at radius 3 is 2.21 bits per heavy atom. The number of halogens is 3. The monoisotopic (exact) mass is 523 g/mol. The molecule has 1 aliphatic heterocycles. The van der Waals surface area contributed by atoms with Crippen molar-refractivity contribution in [2.45, 2.75) is 64.1 Å². The highest BCUT2D eigenvalue weighted by Gasteiger charge is 2.34. The lowest BCUT2D eigenvalue weighted by Crippen LogP contribution is -2.51. The van der Waals surface area contributed by atoms with E-state index in [4.69, 9.17) is 34.8 Å². The lowest BCUT2D eigenvalue weighted by atomic mass is 9.77. The minimum atomic E-state index is -0.555. The molecular formula is C27H36Cl3N3O. The van der Waals surface area contributed by atoms with Gasteiger partial charge in [0.15, 0.2) is 0 Å². The zero-order valence-electron chi connectivity index (χ0n) is 20.3. The smallest absolute Gasteiger partial charge is 0.0639 e. The number of nitrogens with one attached hydrogen (secondary N) is 1. The summed E-state index contributed by atoms with van der Waals surface area (Å²) in [7, 11) is 0. The summed E-state index contributed by atoms with van der Waals surface area (Å²) >= 11 is 19.0. The minimum Gasteiger partial charge on any atom is -0.390 e. The first kappa shape index (κ1) is 25.9. The van der Waals surface area contributed by atoms with Crippen molar-refractivity contribution < 1.29 is 5.11 Å². The van der Waals surface area contributed by atoms with Crippen LogP contribution in [0.15, 0.2) is 36.4 Å². The molecule has 2 aromatic carbocycles. The second-order valence-electron chi connectivity index (χ2n) is 10.4. The number of rotatable bonds is 6. The quantitative estimate of drug-likeness (QED) is 0.417. The topological polar surface area (TPSA) is 38.7 Å². The lowest BCUT2D eigenvalue weighted by molar-refractivity contribution is -0.0127. The van der Waals surface area contributed by atoms with Gasteiger partial charge in [-0.1, -0.05) is 40.9 Å². The number of nitrogens with zero attached hydrogens (tertiary/aromatic N) is 2. The average Bonchev–Trinajstić information content (AvgIpc) is 2.80. The molecule has 1 atom stereocenters. The second-order valence-corrected chi connectivity index (χ2v) is 11.6. The number of piperazine rings is 1. The van der Waals surface area contributed by atoms with Crippen molar-refractivity contribution in [3.63, 3.8) is 0 Å². The van der Waals surface area contributed by atoms with Crippen LogP contribution in [0.25, 0.3) is 0 Å². The Labute approximate surface area is 219 Å². The molecule has 0 spiro atoms. The molecule has 2 fully saturated rings. The maximum absolute atomic E-state index is 10.3. The molecule has 4 nitrogen and oxygen atoms in total. The van der Waals surface area contributed by atoms with E-state index in [1.807, 2.05) is 32.0 Å². The van der Waals surface area contributed by atoms with Crippen LogP contribution in [-0.2, 0) is 0 Å². The molecule has 1 saturated carbocycles. The van der Waals surface area contributed by atoms with E-state index in [9.17, 15) is 5.11 Å². The van der Waals surface area contributed by atoms with E-state index in [0.29, 0.717) is 27.0 Å². The average molecular weight is 525 g/mol. The summed E-state index contributed by atoms with van der Waals surface area (Å²) in [4.78, 5) is 5.09. The van der Waals surface area contributed by atoms with Crippen molar-refractivity contribution in [2.75, 3.05) is 36.4 Å². The first-order valence-electron chi connectivity index (χ1n) is 12.3. The van der Waals surface area contributed by atoms with Crippen molar-refractivity contribution in [2.24, 2.45) is 5.92 Å². The molecule has 0 aromatic heterocycles. The van der Waals surface area contributed by atoms with Crippen LogP contribution in [0.4, 0.5) is 11.4 Å². The predicted octanol–water partition coefficient (Wildman–Crippen LogP) is 7.27. The Morgan fingerprint density at radius 2 is 1.59 bits per heavy atom. The van der Waals surface area contributed by atoms with E-state index in [1.165, 1.54) is 18.5 Å². The van der Waals surface area contributed by atoms with Crippen molar-refractivity contribution in [1.29, 1.82) is 0 Å². The largest absolute Gasteiger partial charge is 0.390 e. The third kappa shape index (κ3) is 6.14. The summed E-state index contributed by atoms with van der Waals surface area (Å²) in [5.41, 5.74) is 2.53. The fraction of sp³-hybridized carbons (Fsp3) is 0.556. The maximum Gasteiger partial charge on any atom is 0.0639 e. The van der Waals surface area contributed by atoms with Crippen LogP contribution < -0.4 is 10.2 Å². The Bertz CT molecular complexity index is 978. The highest BCUT2D eigenvalue weighted by Crippen LogP contribution is 2.36. The summed E-state index contributed by atoms with van der Waals surface area (Å²) in [6.45, 7) is 10.1. The Balaban J connectivity index is 1.35. The van der Waals surface area contributed by atoms with Gasteiger partial charge in [-0.05, 0) is 88.3 Å². The summed E-state index contributed by atoms with van der Waals surface area (Å²) in [5.74, 6) is 0.426. The van der Waals surface area contributed by atoms with Crippen LogP contribution in [0.3, 0.4) is 0 Å². The molecule has 0 amide bonds. The van der Waals surface area contributed by atoms with Crippen LogP contribution in [0.2, 0.25) is 15.1 Å². The highest BCUT2D eigenvalue weighted by atomic mass is 35.5. The summed E-state index contributed by atoms with van der Waals surface area (Å²) in [6.07, 6.45) is 4.62. The van der Waals surface area contributed by atoms with Crippen LogP contribution in [0.1, 0.15) is 58.1 Å².